The summed E-state index contributed by atoms with van der Waals surface area (Å²) < 4.78 is 0. The van der Waals surface area contributed by atoms with Crippen LogP contribution in [0.4, 0.5) is 0 Å². The molecule has 0 radical (unpaired) electrons. The molecule has 1 aromatic heterocycles. The van der Waals surface area contributed by atoms with Crippen LogP contribution in [0.2, 0.25) is 0 Å². The maximum atomic E-state index is 12.6. The second-order valence-corrected chi connectivity index (χ2v) is 6.06. The Morgan fingerprint density at radius 1 is 1.45 bits per heavy atom. The quantitative estimate of drug-likeness (QED) is 0.870. The highest BCUT2D eigenvalue weighted by molar-refractivity contribution is 7.12. The molecule has 0 saturated heterocycles. The molecule has 0 atom stereocenters. The number of nitrogens with zero attached hydrogens (tertiary/aromatic N) is 1. The van der Waals surface area contributed by atoms with E-state index in [1.807, 2.05) is 23.4 Å². The molecular formula is C16H21NO2S. The van der Waals surface area contributed by atoms with Crippen molar-refractivity contribution in [2.75, 3.05) is 13.7 Å². The van der Waals surface area contributed by atoms with Gasteiger partial charge in [0.1, 0.15) is 4.88 Å². The number of aliphatic hydroxyl groups excluding tert-OH is 1. The zero-order valence-electron chi connectivity index (χ0n) is 11.9. The number of hydrogen-bond donors (Lipinski definition) is 1. The van der Waals surface area contributed by atoms with Crippen LogP contribution < -0.4 is 0 Å². The molecule has 2 rings (SSSR count). The minimum atomic E-state index is 0.0579. The summed E-state index contributed by atoms with van der Waals surface area (Å²) in [7, 11) is 1.91. The molecule has 1 aliphatic carbocycles. The van der Waals surface area contributed by atoms with Gasteiger partial charge < -0.3 is 10.0 Å². The Bertz CT molecular complexity index is 506. The maximum Gasteiger partial charge on any atom is 0.265 e. The van der Waals surface area contributed by atoms with Crippen molar-refractivity contribution in [3.05, 3.63) is 21.9 Å². The van der Waals surface area contributed by atoms with Crippen LogP contribution >= 0.6 is 11.3 Å². The molecule has 1 aromatic rings. The van der Waals surface area contributed by atoms with Gasteiger partial charge in [-0.3, -0.25) is 4.79 Å². The molecule has 1 heterocycles. The highest BCUT2D eigenvalue weighted by atomic mass is 32.1. The third-order valence-corrected chi connectivity index (χ3v) is 4.66. The maximum absolute atomic E-state index is 12.6. The van der Waals surface area contributed by atoms with Gasteiger partial charge in [-0.1, -0.05) is 31.1 Å². The van der Waals surface area contributed by atoms with E-state index in [-0.39, 0.29) is 12.5 Å². The molecule has 1 saturated carbocycles. The summed E-state index contributed by atoms with van der Waals surface area (Å²) in [6.45, 7) is 0.0579. The Hall–Kier alpha value is -1.31. The SMILES string of the molecule is CN(C(=O)c1sccc1C#CCCO)C1CCCCC1. The first-order chi connectivity index (χ1) is 9.74. The summed E-state index contributed by atoms with van der Waals surface area (Å²) in [5.74, 6) is 5.96. The van der Waals surface area contributed by atoms with Crippen molar-refractivity contribution in [1.82, 2.24) is 4.90 Å². The first-order valence-corrected chi connectivity index (χ1v) is 8.06. The highest BCUT2D eigenvalue weighted by Gasteiger charge is 2.24. The fourth-order valence-corrected chi connectivity index (χ4v) is 3.41. The van der Waals surface area contributed by atoms with Crippen molar-refractivity contribution in [2.45, 2.75) is 44.6 Å². The van der Waals surface area contributed by atoms with E-state index in [2.05, 4.69) is 11.8 Å². The third-order valence-electron chi connectivity index (χ3n) is 3.76. The van der Waals surface area contributed by atoms with Gasteiger partial charge in [0.2, 0.25) is 0 Å². The monoisotopic (exact) mass is 291 g/mol. The van der Waals surface area contributed by atoms with Crippen LogP contribution in [-0.2, 0) is 0 Å². The lowest BCUT2D eigenvalue weighted by Gasteiger charge is -2.31. The molecule has 0 bridgehead atoms. The summed E-state index contributed by atoms with van der Waals surface area (Å²) in [4.78, 5) is 15.2. The molecule has 1 fully saturated rings. The van der Waals surface area contributed by atoms with Crippen LogP contribution in [0.5, 0.6) is 0 Å². The number of thiophene rings is 1. The molecule has 4 heteroatoms. The molecule has 1 aliphatic rings. The van der Waals surface area contributed by atoms with Crippen LogP contribution in [0, 0.1) is 11.8 Å². The van der Waals surface area contributed by atoms with Crippen molar-refractivity contribution in [3.8, 4) is 11.8 Å². The van der Waals surface area contributed by atoms with E-state index in [0.29, 0.717) is 12.5 Å². The molecule has 108 valence electrons. The predicted octanol–water partition coefficient (Wildman–Crippen LogP) is 2.89. The number of carbonyl (C=O) groups is 1. The van der Waals surface area contributed by atoms with E-state index in [1.54, 1.807) is 0 Å². The first kappa shape index (κ1) is 15.1. The first-order valence-electron chi connectivity index (χ1n) is 7.18. The van der Waals surface area contributed by atoms with Gasteiger partial charge in [-0.2, -0.15) is 0 Å². The molecule has 0 unspecified atom stereocenters. The fraction of sp³-hybridized carbons (Fsp3) is 0.562. The van der Waals surface area contributed by atoms with Crippen LogP contribution in [0.1, 0.15) is 53.8 Å². The Kier molecular flexibility index (Phi) is 5.63. The van der Waals surface area contributed by atoms with Crippen LogP contribution in [0.15, 0.2) is 11.4 Å². The van der Waals surface area contributed by atoms with Gasteiger partial charge in [-0.25, -0.2) is 0 Å². The van der Waals surface area contributed by atoms with E-state index >= 15 is 0 Å². The van der Waals surface area contributed by atoms with Crippen molar-refractivity contribution in [2.24, 2.45) is 0 Å². The lowest BCUT2D eigenvalue weighted by molar-refractivity contribution is 0.0701. The average molecular weight is 291 g/mol. The van der Waals surface area contributed by atoms with Crippen LogP contribution in [-0.4, -0.2) is 35.6 Å². The molecule has 0 aromatic carbocycles. The van der Waals surface area contributed by atoms with E-state index < -0.39 is 0 Å². The Labute approximate surface area is 124 Å². The van der Waals surface area contributed by atoms with Crippen LogP contribution in [0.25, 0.3) is 0 Å². The smallest absolute Gasteiger partial charge is 0.265 e. The Balaban J connectivity index is 2.09. The molecular weight excluding hydrogens is 270 g/mol. The van der Waals surface area contributed by atoms with Gasteiger partial charge in [-0.15, -0.1) is 11.3 Å². The number of amides is 1. The van der Waals surface area contributed by atoms with Gasteiger partial charge in [0.15, 0.2) is 0 Å². The number of rotatable bonds is 3. The second-order valence-electron chi connectivity index (χ2n) is 5.15. The fourth-order valence-electron chi connectivity index (χ4n) is 2.58. The van der Waals surface area contributed by atoms with Crippen molar-refractivity contribution >= 4 is 17.2 Å². The van der Waals surface area contributed by atoms with Gasteiger partial charge in [0.25, 0.3) is 5.91 Å². The topological polar surface area (TPSA) is 40.5 Å². The van der Waals surface area contributed by atoms with Crippen molar-refractivity contribution in [1.29, 1.82) is 0 Å². The number of carbonyl (C=O) groups excluding carboxylic acids is 1. The zero-order chi connectivity index (χ0) is 14.4. The molecule has 1 amide bonds. The predicted molar refractivity (Wildman–Crippen MR) is 81.9 cm³/mol. The third kappa shape index (κ3) is 3.62. The normalized spacial score (nSPS) is 15.5. The molecule has 0 aliphatic heterocycles. The lowest BCUT2D eigenvalue weighted by atomic mass is 9.94. The van der Waals surface area contributed by atoms with Gasteiger partial charge >= 0.3 is 0 Å². The van der Waals surface area contributed by atoms with Crippen molar-refractivity contribution < 1.29 is 9.90 Å². The molecule has 1 N–H and O–H groups in total. The standard InChI is InChI=1S/C16H21NO2S/c1-17(14-8-3-2-4-9-14)16(19)15-13(10-12-20-15)7-5-6-11-18/h10,12,14,18H,2-4,6,8-9,11H2,1H3. The summed E-state index contributed by atoms with van der Waals surface area (Å²) in [5.41, 5.74) is 0.788. The molecule has 20 heavy (non-hydrogen) atoms. The van der Waals surface area contributed by atoms with E-state index in [9.17, 15) is 4.79 Å². The minimum absolute atomic E-state index is 0.0579. The van der Waals surface area contributed by atoms with Gasteiger partial charge in [-0.05, 0) is 24.3 Å². The lowest BCUT2D eigenvalue weighted by Crippen LogP contribution is -2.38. The highest BCUT2D eigenvalue weighted by Crippen LogP contribution is 2.25. The summed E-state index contributed by atoms with van der Waals surface area (Å²) in [5, 5.41) is 10.7. The largest absolute Gasteiger partial charge is 0.395 e. The average Bonchev–Trinajstić information content (AvgIpc) is 2.95. The van der Waals surface area contributed by atoms with Crippen LogP contribution in [0.3, 0.4) is 0 Å². The van der Waals surface area contributed by atoms with Crippen molar-refractivity contribution in [3.63, 3.8) is 0 Å². The Morgan fingerprint density at radius 3 is 2.90 bits per heavy atom. The zero-order valence-corrected chi connectivity index (χ0v) is 12.7. The minimum Gasteiger partial charge on any atom is -0.395 e. The second kappa shape index (κ2) is 7.47. The van der Waals surface area contributed by atoms with E-state index in [4.69, 9.17) is 5.11 Å². The molecule has 3 nitrogen and oxygen atoms in total. The number of aliphatic hydroxyl groups is 1. The van der Waals surface area contributed by atoms with E-state index in [1.165, 1.54) is 30.6 Å². The van der Waals surface area contributed by atoms with E-state index in [0.717, 1.165) is 23.3 Å². The Morgan fingerprint density at radius 2 is 2.20 bits per heavy atom. The summed E-state index contributed by atoms with van der Waals surface area (Å²) in [6.07, 6.45) is 6.39. The summed E-state index contributed by atoms with van der Waals surface area (Å²) in [6, 6.07) is 2.26. The molecule has 0 spiro atoms. The van der Waals surface area contributed by atoms with Gasteiger partial charge in [0.05, 0.1) is 6.61 Å². The van der Waals surface area contributed by atoms with Gasteiger partial charge in [0, 0.05) is 25.1 Å². The summed E-state index contributed by atoms with van der Waals surface area (Å²) >= 11 is 1.45. The number of hydrogen-bond acceptors (Lipinski definition) is 3.